The second-order valence-electron chi connectivity index (χ2n) is 2.91. The number of carboxylic acid groups (broad SMARTS) is 1. The van der Waals surface area contributed by atoms with E-state index in [1.54, 1.807) is 0 Å². The molecule has 1 unspecified atom stereocenters. The summed E-state index contributed by atoms with van der Waals surface area (Å²) >= 11 is 0. The number of carbonyl (C=O) groups excluding carboxylic acids is 1. The Hall–Kier alpha value is -1.14. The Kier molecular flexibility index (Phi) is 5.82. The van der Waals surface area contributed by atoms with Crippen molar-refractivity contribution in [2.75, 3.05) is 6.61 Å². The fourth-order valence-electron chi connectivity index (χ4n) is 0.652. The number of aliphatic carboxylic acids is 1. The zero-order chi connectivity index (χ0) is 11.1. The molecule has 14 heavy (non-hydrogen) atoms. The van der Waals surface area contributed by atoms with Crippen LogP contribution < -0.4 is 5.73 Å². The molecule has 82 valence electrons. The van der Waals surface area contributed by atoms with Crippen molar-refractivity contribution in [1.29, 1.82) is 0 Å². The number of esters is 1. The SMILES string of the molecule is CCC(N)COC(=O)[C@@H](O)CC(=O)O. The third kappa shape index (κ3) is 5.50. The minimum absolute atomic E-state index is 0.00792. The number of hydrogen-bond acceptors (Lipinski definition) is 5. The molecule has 0 amide bonds. The molecular weight excluding hydrogens is 190 g/mol. The van der Waals surface area contributed by atoms with E-state index in [1.165, 1.54) is 0 Å². The molecule has 0 aromatic rings. The number of aliphatic hydroxyl groups excluding tert-OH is 1. The first-order chi connectivity index (χ1) is 6.47. The second-order valence-corrected chi connectivity index (χ2v) is 2.91. The maximum absolute atomic E-state index is 10.9. The lowest BCUT2D eigenvalue weighted by molar-refractivity contribution is -0.158. The van der Waals surface area contributed by atoms with Gasteiger partial charge < -0.3 is 20.7 Å². The molecule has 0 saturated heterocycles. The molecule has 0 aromatic heterocycles. The normalized spacial score (nSPS) is 14.5. The number of nitrogens with two attached hydrogens (primary N) is 1. The Labute approximate surface area is 81.7 Å². The molecule has 4 N–H and O–H groups in total. The maximum Gasteiger partial charge on any atom is 0.335 e. The van der Waals surface area contributed by atoms with E-state index < -0.39 is 24.5 Å². The summed E-state index contributed by atoms with van der Waals surface area (Å²) in [6.45, 7) is 1.82. The molecule has 0 fully saturated rings. The first-order valence-electron chi connectivity index (χ1n) is 4.29. The van der Waals surface area contributed by atoms with E-state index in [-0.39, 0.29) is 12.6 Å². The lowest BCUT2D eigenvalue weighted by Crippen LogP contribution is -2.32. The number of carbonyl (C=O) groups is 2. The van der Waals surface area contributed by atoms with Gasteiger partial charge in [-0.3, -0.25) is 4.79 Å². The maximum atomic E-state index is 10.9. The standard InChI is InChI=1S/C8H15NO5/c1-2-5(9)4-14-8(13)6(10)3-7(11)12/h5-6,10H,2-4,9H2,1H3,(H,11,12)/t5?,6-/m0/s1. The largest absolute Gasteiger partial charge is 0.481 e. The highest BCUT2D eigenvalue weighted by Gasteiger charge is 2.20. The van der Waals surface area contributed by atoms with Gasteiger partial charge in [0.25, 0.3) is 0 Å². The van der Waals surface area contributed by atoms with E-state index in [9.17, 15) is 9.59 Å². The van der Waals surface area contributed by atoms with E-state index in [0.29, 0.717) is 6.42 Å². The molecule has 0 saturated carbocycles. The van der Waals surface area contributed by atoms with Crippen LogP contribution in [0, 0.1) is 0 Å². The van der Waals surface area contributed by atoms with Gasteiger partial charge in [0.05, 0.1) is 6.42 Å². The van der Waals surface area contributed by atoms with Crippen LogP contribution in [0.15, 0.2) is 0 Å². The Morgan fingerprint density at radius 2 is 2.07 bits per heavy atom. The highest BCUT2D eigenvalue weighted by Crippen LogP contribution is 1.97. The molecule has 0 aliphatic rings. The van der Waals surface area contributed by atoms with Crippen LogP contribution in [0.25, 0.3) is 0 Å². The topological polar surface area (TPSA) is 110 Å². The predicted molar refractivity (Wildman–Crippen MR) is 47.5 cm³/mol. The van der Waals surface area contributed by atoms with Gasteiger partial charge >= 0.3 is 11.9 Å². The molecule has 0 aromatic carbocycles. The van der Waals surface area contributed by atoms with Crippen molar-refractivity contribution in [2.45, 2.75) is 31.9 Å². The molecular formula is C8H15NO5. The van der Waals surface area contributed by atoms with Crippen molar-refractivity contribution in [3.05, 3.63) is 0 Å². The molecule has 0 aliphatic carbocycles. The van der Waals surface area contributed by atoms with Crippen molar-refractivity contribution in [1.82, 2.24) is 0 Å². The Morgan fingerprint density at radius 3 is 2.50 bits per heavy atom. The van der Waals surface area contributed by atoms with Crippen LogP contribution in [0.5, 0.6) is 0 Å². The van der Waals surface area contributed by atoms with Crippen molar-refractivity contribution in [2.24, 2.45) is 5.73 Å². The Bertz CT molecular complexity index is 206. The molecule has 0 radical (unpaired) electrons. The predicted octanol–water partition coefficient (Wildman–Crippen LogP) is -0.897. The van der Waals surface area contributed by atoms with Gasteiger partial charge in [0.2, 0.25) is 0 Å². The summed E-state index contributed by atoms with van der Waals surface area (Å²) in [6, 6.07) is -0.282. The van der Waals surface area contributed by atoms with E-state index in [4.69, 9.17) is 15.9 Å². The zero-order valence-electron chi connectivity index (χ0n) is 7.97. The van der Waals surface area contributed by atoms with Crippen LogP contribution in [-0.4, -0.2) is 40.9 Å². The van der Waals surface area contributed by atoms with Crippen LogP contribution in [0.2, 0.25) is 0 Å². The summed E-state index contributed by atoms with van der Waals surface area (Å²) in [7, 11) is 0. The summed E-state index contributed by atoms with van der Waals surface area (Å²) < 4.78 is 4.58. The molecule has 0 spiro atoms. The minimum Gasteiger partial charge on any atom is -0.481 e. The second kappa shape index (κ2) is 6.33. The van der Waals surface area contributed by atoms with Crippen LogP contribution in [0.3, 0.4) is 0 Å². The quantitative estimate of drug-likeness (QED) is 0.485. The monoisotopic (exact) mass is 205 g/mol. The number of rotatable bonds is 6. The van der Waals surface area contributed by atoms with Gasteiger partial charge in [-0.2, -0.15) is 0 Å². The van der Waals surface area contributed by atoms with Crippen molar-refractivity contribution < 1.29 is 24.5 Å². The third-order valence-corrected chi connectivity index (χ3v) is 1.60. The van der Waals surface area contributed by atoms with Gasteiger partial charge in [0.15, 0.2) is 6.10 Å². The van der Waals surface area contributed by atoms with Gasteiger partial charge in [-0.1, -0.05) is 6.92 Å². The highest BCUT2D eigenvalue weighted by atomic mass is 16.5. The van der Waals surface area contributed by atoms with Gasteiger partial charge in [-0.05, 0) is 6.42 Å². The van der Waals surface area contributed by atoms with Crippen molar-refractivity contribution >= 4 is 11.9 Å². The van der Waals surface area contributed by atoms with E-state index >= 15 is 0 Å². The summed E-state index contributed by atoms with van der Waals surface area (Å²) in [4.78, 5) is 21.0. The number of hydrogen-bond donors (Lipinski definition) is 3. The van der Waals surface area contributed by atoms with Gasteiger partial charge in [-0.25, -0.2) is 4.79 Å². The summed E-state index contributed by atoms with van der Waals surface area (Å²) in [5, 5.41) is 17.2. The molecule has 6 nitrogen and oxygen atoms in total. The molecule has 0 bridgehead atoms. The lowest BCUT2D eigenvalue weighted by Gasteiger charge is -2.11. The van der Waals surface area contributed by atoms with E-state index in [1.807, 2.05) is 6.92 Å². The molecule has 0 aliphatic heterocycles. The fraction of sp³-hybridized carbons (Fsp3) is 0.750. The molecule has 2 atom stereocenters. The van der Waals surface area contributed by atoms with Crippen molar-refractivity contribution in [3.63, 3.8) is 0 Å². The number of aliphatic hydroxyl groups is 1. The van der Waals surface area contributed by atoms with Crippen LogP contribution in [0.4, 0.5) is 0 Å². The van der Waals surface area contributed by atoms with Gasteiger partial charge in [-0.15, -0.1) is 0 Å². The number of carboxylic acids is 1. The Balaban J connectivity index is 3.78. The van der Waals surface area contributed by atoms with Gasteiger partial charge in [0, 0.05) is 6.04 Å². The molecule has 0 rings (SSSR count). The smallest absolute Gasteiger partial charge is 0.335 e. The summed E-state index contributed by atoms with van der Waals surface area (Å²) in [5.74, 6) is -2.20. The fourth-order valence-corrected chi connectivity index (χ4v) is 0.652. The first-order valence-corrected chi connectivity index (χ1v) is 4.29. The lowest BCUT2D eigenvalue weighted by atomic mass is 10.2. The minimum atomic E-state index is -1.61. The molecule has 0 heterocycles. The average Bonchev–Trinajstić information content (AvgIpc) is 2.12. The average molecular weight is 205 g/mol. The van der Waals surface area contributed by atoms with E-state index in [0.717, 1.165) is 0 Å². The van der Waals surface area contributed by atoms with Crippen molar-refractivity contribution in [3.8, 4) is 0 Å². The van der Waals surface area contributed by atoms with Crippen LogP contribution in [-0.2, 0) is 14.3 Å². The number of ether oxygens (including phenoxy) is 1. The van der Waals surface area contributed by atoms with Crippen LogP contribution in [0.1, 0.15) is 19.8 Å². The Morgan fingerprint density at radius 1 is 1.50 bits per heavy atom. The zero-order valence-corrected chi connectivity index (χ0v) is 7.97. The van der Waals surface area contributed by atoms with Crippen LogP contribution >= 0.6 is 0 Å². The summed E-state index contributed by atoms with van der Waals surface area (Å²) in [6.07, 6.45) is -1.63. The third-order valence-electron chi connectivity index (χ3n) is 1.60. The van der Waals surface area contributed by atoms with E-state index in [2.05, 4.69) is 4.74 Å². The highest BCUT2D eigenvalue weighted by molar-refractivity contribution is 5.80. The first kappa shape index (κ1) is 12.9. The summed E-state index contributed by atoms with van der Waals surface area (Å²) in [5.41, 5.74) is 5.45. The molecule has 6 heteroatoms. The van der Waals surface area contributed by atoms with Gasteiger partial charge in [0.1, 0.15) is 6.61 Å².